The Morgan fingerprint density at radius 3 is 2.62 bits per heavy atom. The van der Waals surface area contributed by atoms with Crippen molar-refractivity contribution in [2.24, 2.45) is 0 Å². The Bertz CT molecular complexity index is 879. The van der Waals surface area contributed by atoms with Crippen molar-refractivity contribution < 1.29 is 13.3 Å². The number of hydrogen-bond donors (Lipinski definition) is 1. The molecule has 0 aliphatic carbocycles. The number of anilines is 1. The van der Waals surface area contributed by atoms with Gasteiger partial charge in [0.25, 0.3) is 15.7 Å². The minimum Gasteiger partial charge on any atom is -0.278 e. The summed E-state index contributed by atoms with van der Waals surface area (Å²) in [6, 6.07) is 11.0. The molecule has 1 N–H and O–H groups in total. The van der Waals surface area contributed by atoms with Crippen LogP contribution >= 0.6 is 11.8 Å². The van der Waals surface area contributed by atoms with Crippen LogP contribution in [0, 0.1) is 17.0 Å². The van der Waals surface area contributed by atoms with Gasteiger partial charge in [-0.25, -0.2) is 8.42 Å². The molecular formula is C16H16N2O4S2. The topological polar surface area (TPSA) is 89.3 Å². The average Bonchev–Trinajstić information content (AvgIpc) is 2.53. The molecule has 0 aromatic heterocycles. The molecule has 0 bridgehead atoms. The van der Waals surface area contributed by atoms with E-state index in [-0.39, 0.29) is 16.1 Å². The lowest BCUT2D eigenvalue weighted by atomic mass is 10.2. The Kier molecular flexibility index (Phi) is 5.63. The molecule has 0 saturated carbocycles. The fraction of sp³-hybridized carbons (Fsp3) is 0.125. The molecule has 0 aliphatic rings. The monoisotopic (exact) mass is 364 g/mol. The Morgan fingerprint density at radius 1 is 1.25 bits per heavy atom. The summed E-state index contributed by atoms with van der Waals surface area (Å²) >= 11 is 1.44. The largest absolute Gasteiger partial charge is 0.278 e. The van der Waals surface area contributed by atoms with Crippen molar-refractivity contribution in [2.45, 2.75) is 16.7 Å². The third-order valence-electron chi connectivity index (χ3n) is 3.23. The Hall–Kier alpha value is -2.32. The van der Waals surface area contributed by atoms with Crippen LogP contribution in [0.5, 0.6) is 0 Å². The van der Waals surface area contributed by atoms with Gasteiger partial charge in [0, 0.05) is 22.3 Å². The number of nitro benzene ring substituents is 1. The predicted molar refractivity (Wildman–Crippen MR) is 96.0 cm³/mol. The van der Waals surface area contributed by atoms with E-state index < -0.39 is 14.9 Å². The van der Waals surface area contributed by atoms with Crippen LogP contribution in [-0.4, -0.2) is 19.1 Å². The third-order valence-corrected chi connectivity index (χ3v) is 5.81. The van der Waals surface area contributed by atoms with E-state index in [9.17, 15) is 18.5 Å². The molecule has 0 aliphatic heterocycles. The number of benzene rings is 2. The number of sulfonamides is 1. The van der Waals surface area contributed by atoms with Crippen LogP contribution in [0.15, 0.2) is 64.9 Å². The summed E-state index contributed by atoms with van der Waals surface area (Å²) in [4.78, 5) is 11.1. The molecule has 2 aromatic rings. The zero-order chi connectivity index (χ0) is 17.7. The molecule has 8 heteroatoms. The number of nitrogens with one attached hydrogen (secondary N) is 1. The number of rotatable bonds is 7. The molecule has 0 atom stereocenters. The highest BCUT2D eigenvalue weighted by molar-refractivity contribution is 7.99. The average molecular weight is 364 g/mol. The van der Waals surface area contributed by atoms with Crippen LogP contribution in [0.25, 0.3) is 0 Å². The number of hydrogen-bond acceptors (Lipinski definition) is 5. The fourth-order valence-corrected chi connectivity index (χ4v) is 4.27. The summed E-state index contributed by atoms with van der Waals surface area (Å²) in [5.41, 5.74) is 0.300. The molecule has 0 amide bonds. The second-order valence-corrected chi connectivity index (χ2v) is 7.57. The lowest BCUT2D eigenvalue weighted by Gasteiger charge is -2.13. The lowest BCUT2D eigenvalue weighted by Crippen LogP contribution is -2.15. The molecule has 0 heterocycles. The number of thioether (sulfide) groups is 1. The first kappa shape index (κ1) is 18.0. The van der Waals surface area contributed by atoms with Crippen LogP contribution in [0.3, 0.4) is 0 Å². The van der Waals surface area contributed by atoms with Gasteiger partial charge in [0.05, 0.1) is 15.5 Å². The molecule has 2 aromatic carbocycles. The zero-order valence-electron chi connectivity index (χ0n) is 12.9. The van der Waals surface area contributed by atoms with Crippen molar-refractivity contribution in [1.29, 1.82) is 0 Å². The number of para-hydroxylation sites is 1. The van der Waals surface area contributed by atoms with Gasteiger partial charge < -0.3 is 0 Å². The molecule has 0 spiro atoms. The summed E-state index contributed by atoms with van der Waals surface area (Å²) < 4.78 is 27.8. The highest BCUT2D eigenvalue weighted by Gasteiger charge is 2.23. The molecule has 0 saturated heterocycles. The molecule has 0 fully saturated rings. The van der Waals surface area contributed by atoms with Crippen LogP contribution in [0.4, 0.5) is 11.4 Å². The van der Waals surface area contributed by atoms with Crippen LogP contribution < -0.4 is 4.72 Å². The van der Waals surface area contributed by atoms with Crippen molar-refractivity contribution in [2.75, 3.05) is 10.5 Å². The maximum atomic E-state index is 12.7. The van der Waals surface area contributed by atoms with Crippen molar-refractivity contribution in [3.05, 3.63) is 70.8 Å². The van der Waals surface area contributed by atoms with Gasteiger partial charge in [0.15, 0.2) is 0 Å². The first-order valence-electron chi connectivity index (χ1n) is 6.96. The highest BCUT2D eigenvalue weighted by Crippen LogP contribution is 2.31. The molecule has 6 nitrogen and oxygen atoms in total. The summed E-state index contributed by atoms with van der Waals surface area (Å²) in [6.07, 6.45) is 1.72. The van der Waals surface area contributed by atoms with E-state index in [1.54, 1.807) is 24.3 Å². The van der Waals surface area contributed by atoms with Gasteiger partial charge in [-0.1, -0.05) is 24.3 Å². The zero-order valence-corrected chi connectivity index (χ0v) is 14.6. The van der Waals surface area contributed by atoms with Gasteiger partial charge in [-0.2, -0.15) is 0 Å². The van der Waals surface area contributed by atoms with E-state index in [0.29, 0.717) is 11.4 Å². The Balaban J connectivity index is 2.42. The van der Waals surface area contributed by atoms with Gasteiger partial charge in [-0.05, 0) is 25.1 Å². The van der Waals surface area contributed by atoms with Gasteiger partial charge in [0.2, 0.25) is 0 Å². The van der Waals surface area contributed by atoms with E-state index in [0.717, 1.165) is 4.90 Å². The van der Waals surface area contributed by atoms with E-state index >= 15 is 0 Å². The molecule has 2 rings (SSSR count). The maximum Gasteiger partial charge on any atom is 0.273 e. The van der Waals surface area contributed by atoms with Gasteiger partial charge in [-0.15, -0.1) is 18.3 Å². The SMILES string of the molecule is C=CCSc1ccccc1NS(=O)(=O)c1cccc([N+](=O)[O-])c1C. The van der Waals surface area contributed by atoms with Gasteiger partial charge >= 0.3 is 0 Å². The van der Waals surface area contributed by atoms with Crippen molar-refractivity contribution in [3.8, 4) is 0 Å². The number of nitrogens with zero attached hydrogens (tertiary/aromatic N) is 1. The Labute approximate surface area is 144 Å². The minimum atomic E-state index is -3.94. The molecule has 0 radical (unpaired) electrons. The third kappa shape index (κ3) is 3.95. The molecule has 24 heavy (non-hydrogen) atoms. The maximum absolute atomic E-state index is 12.7. The predicted octanol–water partition coefficient (Wildman–Crippen LogP) is 3.98. The highest BCUT2D eigenvalue weighted by atomic mass is 32.2. The van der Waals surface area contributed by atoms with Crippen molar-refractivity contribution in [3.63, 3.8) is 0 Å². The summed E-state index contributed by atoms with van der Waals surface area (Å²) in [6.45, 7) is 5.06. The fourth-order valence-electron chi connectivity index (χ4n) is 2.12. The summed E-state index contributed by atoms with van der Waals surface area (Å²) in [5.74, 6) is 0.634. The molecular weight excluding hydrogens is 348 g/mol. The lowest BCUT2D eigenvalue weighted by molar-refractivity contribution is -0.385. The van der Waals surface area contributed by atoms with E-state index in [1.165, 1.54) is 36.9 Å². The Morgan fingerprint density at radius 2 is 1.96 bits per heavy atom. The second kappa shape index (κ2) is 7.50. The van der Waals surface area contributed by atoms with Gasteiger partial charge in [-0.3, -0.25) is 14.8 Å². The second-order valence-electron chi connectivity index (χ2n) is 4.86. The minimum absolute atomic E-state index is 0.103. The van der Waals surface area contributed by atoms with Crippen LogP contribution in [-0.2, 0) is 10.0 Å². The van der Waals surface area contributed by atoms with Gasteiger partial charge in [0.1, 0.15) is 0 Å². The summed E-state index contributed by atoms with van der Waals surface area (Å²) in [7, 11) is -3.94. The molecule has 126 valence electrons. The van der Waals surface area contributed by atoms with Crippen LogP contribution in [0.1, 0.15) is 5.56 Å². The summed E-state index contributed by atoms with van der Waals surface area (Å²) in [5, 5.41) is 11.0. The van der Waals surface area contributed by atoms with E-state index in [4.69, 9.17) is 0 Å². The van der Waals surface area contributed by atoms with Crippen LogP contribution in [0.2, 0.25) is 0 Å². The van der Waals surface area contributed by atoms with E-state index in [2.05, 4.69) is 11.3 Å². The molecule has 0 unspecified atom stereocenters. The normalized spacial score (nSPS) is 11.0. The first-order chi connectivity index (χ1) is 11.4. The first-order valence-corrected chi connectivity index (χ1v) is 9.43. The van der Waals surface area contributed by atoms with Crippen molar-refractivity contribution in [1.82, 2.24) is 0 Å². The standard InChI is InChI=1S/C16H16N2O4S2/c1-3-11-23-15-9-5-4-7-13(15)17-24(21,22)16-10-6-8-14(12(16)2)18(19)20/h3-10,17H,1,11H2,2H3. The smallest absolute Gasteiger partial charge is 0.273 e. The van der Waals surface area contributed by atoms with E-state index in [1.807, 2.05) is 6.07 Å². The van der Waals surface area contributed by atoms with Crippen molar-refractivity contribution >= 4 is 33.2 Å². The number of nitro groups is 1. The quantitative estimate of drug-likeness (QED) is 0.347.